The van der Waals surface area contributed by atoms with Crippen LogP contribution in [0.2, 0.25) is 0 Å². The van der Waals surface area contributed by atoms with E-state index in [2.05, 4.69) is 21.3 Å². The number of aliphatic carboxylic acids is 2. The van der Waals surface area contributed by atoms with Crippen molar-refractivity contribution in [2.45, 2.75) is 77.4 Å². The standard InChI is InChI=1S/C24H36N4O8/c1-13(2)19(24(35)36)27-21(32)14(3)26-23(34)20(15(4)29)28-22(33)17(10-11-18(30)31)25-12-16-8-6-5-7-9-16/h5-9,13-15,17,19-20,25,29H,10-12H2,1-4H3,(H,26,34)(H,27,32)(H,28,33)(H,30,31)(H,35,36)/t14-,15+,17-,19-,20-/m0/s1. The predicted octanol–water partition coefficient (Wildman–Crippen LogP) is -0.395. The number of hydrogen-bond donors (Lipinski definition) is 7. The van der Waals surface area contributed by atoms with Gasteiger partial charge in [0.1, 0.15) is 18.1 Å². The van der Waals surface area contributed by atoms with Gasteiger partial charge in [-0.2, -0.15) is 0 Å². The van der Waals surface area contributed by atoms with Crippen LogP contribution in [0, 0.1) is 5.92 Å². The number of carbonyl (C=O) groups is 5. The predicted molar refractivity (Wildman–Crippen MR) is 130 cm³/mol. The number of aliphatic hydroxyl groups is 1. The van der Waals surface area contributed by atoms with Crippen molar-refractivity contribution in [1.82, 2.24) is 21.3 Å². The second kappa shape index (κ2) is 14.8. The molecule has 0 heterocycles. The first-order chi connectivity index (χ1) is 16.8. The van der Waals surface area contributed by atoms with Gasteiger partial charge >= 0.3 is 11.9 Å². The molecule has 1 aromatic rings. The Morgan fingerprint density at radius 3 is 1.89 bits per heavy atom. The molecule has 5 atom stereocenters. The lowest BCUT2D eigenvalue weighted by Crippen LogP contribution is -2.59. The highest BCUT2D eigenvalue weighted by Gasteiger charge is 2.32. The van der Waals surface area contributed by atoms with Gasteiger partial charge in [0, 0.05) is 13.0 Å². The van der Waals surface area contributed by atoms with E-state index in [1.165, 1.54) is 13.8 Å². The van der Waals surface area contributed by atoms with Crippen molar-refractivity contribution in [1.29, 1.82) is 0 Å². The zero-order chi connectivity index (χ0) is 27.4. The summed E-state index contributed by atoms with van der Waals surface area (Å²) in [7, 11) is 0. The number of carboxylic acids is 2. The van der Waals surface area contributed by atoms with E-state index < -0.39 is 65.8 Å². The summed E-state index contributed by atoms with van der Waals surface area (Å²) < 4.78 is 0. The molecule has 1 aromatic carbocycles. The van der Waals surface area contributed by atoms with Crippen LogP contribution in [-0.4, -0.2) is 75.3 Å². The number of carboxylic acid groups (broad SMARTS) is 2. The summed E-state index contributed by atoms with van der Waals surface area (Å²) in [6.45, 7) is 6.12. The van der Waals surface area contributed by atoms with Gasteiger partial charge in [0.05, 0.1) is 12.1 Å². The molecule has 200 valence electrons. The Bertz CT molecular complexity index is 907. The summed E-state index contributed by atoms with van der Waals surface area (Å²) in [5.41, 5.74) is 0.858. The molecule has 12 heteroatoms. The summed E-state index contributed by atoms with van der Waals surface area (Å²) in [5.74, 6) is -5.02. The third-order valence-corrected chi connectivity index (χ3v) is 5.40. The fourth-order valence-corrected chi connectivity index (χ4v) is 3.25. The number of hydrogen-bond acceptors (Lipinski definition) is 7. The van der Waals surface area contributed by atoms with Gasteiger partial charge in [-0.05, 0) is 31.7 Å². The van der Waals surface area contributed by atoms with Crippen LogP contribution in [0.1, 0.15) is 46.1 Å². The van der Waals surface area contributed by atoms with Gasteiger partial charge in [0.15, 0.2) is 0 Å². The normalized spacial score (nSPS) is 15.2. The van der Waals surface area contributed by atoms with Crippen molar-refractivity contribution < 1.29 is 39.3 Å². The number of benzene rings is 1. The number of nitrogens with one attached hydrogen (secondary N) is 4. The summed E-state index contributed by atoms with van der Waals surface area (Å²) in [6.07, 6.45) is -1.71. The Morgan fingerprint density at radius 1 is 0.806 bits per heavy atom. The van der Waals surface area contributed by atoms with E-state index in [9.17, 15) is 34.2 Å². The van der Waals surface area contributed by atoms with Gasteiger partial charge in [0.25, 0.3) is 0 Å². The Kier molecular flexibility index (Phi) is 12.5. The van der Waals surface area contributed by atoms with E-state index >= 15 is 0 Å². The molecule has 7 N–H and O–H groups in total. The highest BCUT2D eigenvalue weighted by atomic mass is 16.4. The van der Waals surface area contributed by atoms with Crippen molar-refractivity contribution in [2.24, 2.45) is 5.92 Å². The summed E-state index contributed by atoms with van der Waals surface area (Å²) in [5, 5.41) is 38.5. The van der Waals surface area contributed by atoms with Crippen LogP contribution in [0.25, 0.3) is 0 Å². The molecule has 0 radical (unpaired) electrons. The van der Waals surface area contributed by atoms with E-state index in [4.69, 9.17) is 5.11 Å². The molecule has 3 amide bonds. The van der Waals surface area contributed by atoms with Crippen molar-refractivity contribution in [3.63, 3.8) is 0 Å². The first-order valence-corrected chi connectivity index (χ1v) is 11.6. The average Bonchev–Trinajstić information content (AvgIpc) is 2.80. The first kappa shape index (κ1) is 30.5. The lowest BCUT2D eigenvalue weighted by Gasteiger charge is -2.26. The SMILES string of the molecule is CC(C)[C@H](NC(=O)[C@H](C)NC(=O)[C@@H](NC(=O)[C@H](CCC(=O)O)NCc1ccccc1)[C@@H](C)O)C(=O)O. The third kappa shape index (κ3) is 10.4. The molecule has 12 nitrogen and oxygen atoms in total. The zero-order valence-electron chi connectivity index (χ0n) is 20.9. The maximum absolute atomic E-state index is 12.9. The molecule has 0 saturated heterocycles. The Balaban J connectivity index is 2.86. The topological polar surface area (TPSA) is 194 Å². The number of carbonyl (C=O) groups excluding carboxylic acids is 3. The largest absolute Gasteiger partial charge is 0.481 e. The van der Waals surface area contributed by atoms with Crippen molar-refractivity contribution in [2.75, 3.05) is 0 Å². The van der Waals surface area contributed by atoms with E-state index in [1.54, 1.807) is 13.8 Å². The quantitative estimate of drug-likeness (QED) is 0.165. The van der Waals surface area contributed by atoms with Crippen LogP contribution in [0.3, 0.4) is 0 Å². The van der Waals surface area contributed by atoms with Gasteiger partial charge in [0.2, 0.25) is 17.7 Å². The zero-order valence-corrected chi connectivity index (χ0v) is 20.9. The van der Waals surface area contributed by atoms with Gasteiger partial charge in [-0.3, -0.25) is 19.2 Å². The third-order valence-electron chi connectivity index (χ3n) is 5.40. The molecule has 0 bridgehead atoms. The molecule has 1 rings (SSSR count). The second-order valence-electron chi connectivity index (χ2n) is 8.88. The number of rotatable bonds is 15. The Labute approximate surface area is 209 Å². The minimum Gasteiger partial charge on any atom is -0.481 e. The molecular formula is C24H36N4O8. The average molecular weight is 509 g/mol. The molecule has 0 unspecified atom stereocenters. The van der Waals surface area contributed by atoms with Crippen molar-refractivity contribution >= 4 is 29.7 Å². The van der Waals surface area contributed by atoms with Crippen molar-refractivity contribution in [3.8, 4) is 0 Å². The molecule has 0 aliphatic carbocycles. The summed E-state index contributed by atoms with van der Waals surface area (Å²) in [6, 6.07) is 4.37. The van der Waals surface area contributed by atoms with E-state index in [0.717, 1.165) is 5.56 Å². The molecule has 0 aliphatic rings. The molecule has 0 aromatic heterocycles. The Hall–Kier alpha value is -3.51. The van der Waals surface area contributed by atoms with E-state index in [0.29, 0.717) is 0 Å². The molecule has 0 fully saturated rings. The lowest BCUT2D eigenvalue weighted by atomic mass is 10.0. The van der Waals surface area contributed by atoms with Crippen LogP contribution in [0.15, 0.2) is 30.3 Å². The van der Waals surface area contributed by atoms with Gasteiger partial charge in [-0.15, -0.1) is 0 Å². The lowest BCUT2D eigenvalue weighted by molar-refractivity contribution is -0.143. The minimum absolute atomic E-state index is 0.0628. The first-order valence-electron chi connectivity index (χ1n) is 11.6. The van der Waals surface area contributed by atoms with Crippen LogP contribution in [-0.2, 0) is 30.5 Å². The van der Waals surface area contributed by atoms with Crippen LogP contribution in [0.5, 0.6) is 0 Å². The van der Waals surface area contributed by atoms with Gasteiger partial charge in [-0.1, -0.05) is 44.2 Å². The molecular weight excluding hydrogens is 472 g/mol. The minimum atomic E-state index is -1.45. The second-order valence-corrected chi connectivity index (χ2v) is 8.88. The fraction of sp³-hybridized carbons (Fsp3) is 0.542. The molecule has 0 spiro atoms. The van der Waals surface area contributed by atoms with Crippen LogP contribution < -0.4 is 21.3 Å². The van der Waals surface area contributed by atoms with Crippen molar-refractivity contribution in [3.05, 3.63) is 35.9 Å². The van der Waals surface area contributed by atoms with Gasteiger partial charge in [-0.25, -0.2) is 4.79 Å². The number of amides is 3. The fourth-order valence-electron chi connectivity index (χ4n) is 3.25. The Morgan fingerprint density at radius 2 is 1.39 bits per heavy atom. The number of aliphatic hydroxyl groups excluding tert-OH is 1. The monoisotopic (exact) mass is 508 g/mol. The maximum atomic E-state index is 12.9. The van der Waals surface area contributed by atoms with Crippen LogP contribution >= 0.6 is 0 Å². The molecule has 0 saturated carbocycles. The van der Waals surface area contributed by atoms with Gasteiger partial charge < -0.3 is 36.6 Å². The molecule has 36 heavy (non-hydrogen) atoms. The van der Waals surface area contributed by atoms with Crippen LogP contribution in [0.4, 0.5) is 0 Å². The maximum Gasteiger partial charge on any atom is 0.326 e. The highest BCUT2D eigenvalue weighted by Crippen LogP contribution is 2.06. The highest BCUT2D eigenvalue weighted by molar-refractivity contribution is 5.94. The van der Waals surface area contributed by atoms with E-state index in [-0.39, 0.29) is 19.4 Å². The molecule has 0 aliphatic heterocycles. The summed E-state index contributed by atoms with van der Waals surface area (Å²) >= 11 is 0. The summed E-state index contributed by atoms with van der Waals surface area (Å²) in [4.78, 5) is 60.4. The smallest absolute Gasteiger partial charge is 0.326 e. The van der Waals surface area contributed by atoms with E-state index in [1.807, 2.05) is 30.3 Å².